The van der Waals surface area contributed by atoms with Crippen molar-refractivity contribution in [2.24, 2.45) is 5.92 Å². The number of hydrogen-bond acceptors (Lipinski definition) is 4. The van der Waals surface area contributed by atoms with Gasteiger partial charge in [-0.05, 0) is 37.8 Å². The summed E-state index contributed by atoms with van der Waals surface area (Å²) in [6.45, 7) is 2.13. The van der Waals surface area contributed by atoms with Gasteiger partial charge < -0.3 is 5.32 Å². The average Bonchev–Trinajstić information content (AvgIpc) is 3.32. The largest absolute Gasteiger partial charge is 0.353 e. The second-order valence-electron chi connectivity index (χ2n) is 6.61. The normalized spacial score (nSPS) is 15.5. The van der Waals surface area contributed by atoms with Crippen molar-refractivity contribution >= 4 is 17.0 Å². The molecular formula is C18H21N5O. The fraction of sp³-hybridized carbons (Fsp3) is 0.389. The number of nitrogens with zero attached hydrogens (tertiary/aromatic N) is 3. The lowest BCUT2D eigenvalue weighted by Gasteiger charge is -2.14. The summed E-state index contributed by atoms with van der Waals surface area (Å²) in [4.78, 5) is 19.7. The first kappa shape index (κ1) is 14.9. The first-order valence-corrected chi connectivity index (χ1v) is 8.51. The van der Waals surface area contributed by atoms with Gasteiger partial charge in [-0.25, -0.2) is 4.68 Å². The van der Waals surface area contributed by atoms with Crippen LogP contribution in [-0.2, 0) is 0 Å². The smallest absolute Gasteiger partial charge is 0.263 e. The highest BCUT2D eigenvalue weighted by Gasteiger charge is 2.21. The number of anilines is 1. The Morgan fingerprint density at radius 3 is 2.88 bits per heavy atom. The van der Waals surface area contributed by atoms with E-state index in [0.29, 0.717) is 17.0 Å². The Kier molecular flexibility index (Phi) is 3.80. The molecule has 6 nitrogen and oxygen atoms in total. The first-order valence-electron chi connectivity index (χ1n) is 8.51. The van der Waals surface area contributed by atoms with Gasteiger partial charge in [-0.3, -0.25) is 9.78 Å². The Bertz CT molecular complexity index is 895. The molecule has 1 unspecified atom stereocenters. The van der Waals surface area contributed by atoms with E-state index in [1.165, 1.54) is 19.3 Å². The number of H-pyrrole nitrogens is 1. The minimum Gasteiger partial charge on any atom is -0.353 e. The van der Waals surface area contributed by atoms with Crippen molar-refractivity contribution in [3.8, 4) is 5.69 Å². The van der Waals surface area contributed by atoms with Crippen LogP contribution in [0.25, 0.3) is 16.7 Å². The highest BCUT2D eigenvalue weighted by molar-refractivity contribution is 5.76. The molecule has 0 aliphatic heterocycles. The van der Waals surface area contributed by atoms with E-state index in [1.807, 2.05) is 30.3 Å². The fourth-order valence-electron chi connectivity index (χ4n) is 2.94. The van der Waals surface area contributed by atoms with E-state index in [2.05, 4.69) is 27.3 Å². The Balaban J connectivity index is 1.63. The van der Waals surface area contributed by atoms with Crippen LogP contribution in [0.1, 0.15) is 32.6 Å². The second kappa shape index (κ2) is 6.11. The maximum atomic E-state index is 12.3. The number of hydrogen-bond donors (Lipinski definition) is 2. The van der Waals surface area contributed by atoms with Crippen LogP contribution in [0.2, 0.25) is 0 Å². The lowest BCUT2D eigenvalue weighted by Crippen LogP contribution is -2.20. The van der Waals surface area contributed by atoms with Crippen LogP contribution >= 0.6 is 0 Å². The molecule has 0 saturated heterocycles. The molecular weight excluding hydrogens is 302 g/mol. The molecule has 2 aromatic heterocycles. The first-order chi connectivity index (χ1) is 11.7. The average molecular weight is 323 g/mol. The third-order valence-electron chi connectivity index (χ3n) is 4.53. The van der Waals surface area contributed by atoms with Crippen LogP contribution in [-0.4, -0.2) is 25.8 Å². The van der Waals surface area contributed by atoms with Crippen molar-refractivity contribution in [1.29, 1.82) is 0 Å². The predicted octanol–water partition coefficient (Wildman–Crippen LogP) is 3.10. The lowest BCUT2D eigenvalue weighted by molar-refractivity contribution is 0.607. The molecule has 2 N–H and O–H groups in total. The van der Waals surface area contributed by atoms with Crippen molar-refractivity contribution < 1.29 is 0 Å². The molecule has 0 bridgehead atoms. The monoisotopic (exact) mass is 323 g/mol. The fourth-order valence-corrected chi connectivity index (χ4v) is 2.94. The summed E-state index contributed by atoms with van der Waals surface area (Å²) < 4.78 is 1.70. The number of para-hydroxylation sites is 1. The molecule has 24 heavy (non-hydrogen) atoms. The Morgan fingerprint density at radius 2 is 2.12 bits per heavy atom. The Morgan fingerprint density at radius 1 is 1.33 bits per heavy atom. The molecule has 0 amide bonds. The van der Waals surface area contributed by atoms with Gasteiger partial charge in [0.05, 0.1) is 11.9 Å². The molecule has 1 fully saturated rings. The van der Waals surface area contributed by atoms with E-state index < -0.39 is 0 Å². The molecule has 0 radical (unpaired) electrons. The summed E-state index contributed by atoms with van der Waals surface area (Å²) in [6, 6.07) is 9.99. The summed E-state index contributed by atoms with van der Waals surface area (Å²) >= 11 is 0. The molecule has 1 aliphatic rings. The van der Waals surface area contributed by atoms with Crippen LogP contribution in [0.5, 0.6) is 0 Å². The summed E-state index contributed by atoms with van der Waals surface area (Å²) in [6.07, 6.45) is 6.62. The number of rotatable bonds is 6. The zero-order valence-electron chi connectivity index (χ0n) is 13.7. The molecule has 1 aliphatic carbocycles. The minimum atomic E-state index is -0.168. The van der Waals surface area contributed by atoms with E-state index in [1.54, 1.807) is 10.9 Å². The van der Waals surface area contributed by atoms with Crippen LogP contribution < -0.4 is 10.9 Å². The number of nitrogens with one attached hydrogen (secondary N) is 2. The molecule has 0 spiro atoms. The third-order valence-corrected chi connectivity index (χ3v) is 4.53. The van der Waals surface area contributed by atoms with E-state index in [-0.39, 0.29) is 11.6 Å². The quantitative estimate of drug-likeness (QED) is 0.731. The second-order valence-corrected chi connectivity index (χ2v) is 6.61. The number of aromatic amines is 1. The topological polar surface area (TPSA) is 75.6 Å². The molecule has 1 saturated carbocycles. The van der Waals surface area contributed by atoms with Gasteiger partial charge >= 0.3 is 0 Å². The van der Waals surface area contributed by atoms with Gasteiger partial charge in [0.25, 0.3) is 5.56 Å². The minimum absolute atomic E-state index is 0.168. The van der Waals surface area contributed by atoms with Crippen LogP contribution in [0.15, 0.2) is 41.3 Å². The van der Waals surface area contributed by atoms with Gasteiger partial charge in [0, 0.05) is 6.04 Å². The summed E-state index contributed by atoms with van der Waals surface area (Å²) in [5.41, 5.74) is 1.29. The molecule has 4 rings (SSSR count). The van der Waals surface area contributed by atoms with E-state index in [0.717, 1.165) is 18.0 Å². The van der Waals surface area contributed by atoms with Crippen molar-refractivity contribution in [2.75, 3.05) is 5.32 Å². The number of aromatic nitrogens is 4. The van der Waals surface area contributed by atoms with Crippen molar-refractivity contribution in [3.05, 3.63) is 46.9 Å². The summed E-state index contributed by atoms with van der Waals surface area (Å²) in [5, 5.41) is 8.13. The molecule has 2 heterocycles. The third kappa shape index (κ3) is 3.04. The van der Waals surface area contributed by atoms with Crippen molar-refractivity contribution in [3.63, 3.8) is 0 Å². The summed E-state index contributed by atoms with van der Waals surface area (Å²) in [5.74, 6) is 1.41. The van der Waals surface area contributed by atoms with Gasteiger partial charge in [-0.1, -0.05) is 31.0 Å². The van der Waals surface area contributed by atoms with E-state index in [9.17, 15) is 4.79 Å². The van der Waals surface area contributed by atoms with Crippen LogP contribution in [0.4, 0.5) is 5.95 Å². The molecule has 1 aromatic carbocycles. The Labute approximate surface area is 139 Å². The zero-order valence-corrected chi connectivity index (χ0v) is 13.7. The van der Waals surface area contributed by atoms with Crippen LogP contribution in [0.3, 0.4) is 0 Å². The van der Waals surface area contributed by atoms with Gasteiger partial charge in [0.2, 0.25) is 5.95 Å². The molecule has 1 atom stereocenters. The standard InChI is InChI=1S/C18H21N5O/c1-12(7-8-13-9-10-13)20-18-21-16-15(17(24)22-18)11-19-23(16)14-5-3-2-4-6-14/h2-6,11-13H,7-10H2,1H3,(H2,20,21,22,24). The van der Waals surface area contributed by atoms with E-state index in [4.69, 9.17) is 0 Å². The van der Waals surface area contributed by atoms with Gasteiger partial charge in [0.15, 0.2) is 5.65 Å². The Hall–Kier alpha value is -2.63. The maximum Gasteiger partial charge on any atom is 0.263 e. The zero-order chi connectivity index (χ0) is 16.5. The van der Waals surface area contributed by atoms with Gasteiger partial charge in [-0.2, -0.15) is 10.1 Å². The molecule has 6 heteroatoms. The van der Waals surface area contributed by atoms with Crippen molar-refractivity contribution in [2.45, 2.75) is 38.6 Å². The summed E-state index contributed by atoms with van der Waals surface area (Å²) in [7, 11) is 0. The number of fused-ring (bicyclic) bond motifs is 1. The van der Waals surface area contributed by atoms with Gasteiger partial charge in [0.1, 0.15) is 5.39 Å². The highest BCUT2D eigenvalue weighted by Crippen LogP contribution is 2.34. The molecule has 124 valence electrons. The maximum absolute atomic E-state index is 12.3. The number of benzene rings is 1. The van der Waals surface area contributed by atoms with E-state index >= 15 is 0 Å². The lowest BCUT2D eigenvalue weighted by atomic mass is 10.1. The predicted molar refractivity (Wildman–Crippen MR) is 94.5 cm³/mol. The van der Waals surface area contributed by atoms with Gasteiger partial charge in [-0.15, -0.1) is 0 Å². The van der Waals surface area contributed by atoms with Crippen molar-refractivity contribution in [1.82, 2.24) is 19.7 Å². The molecule has 3 aromatic rings. The highest BCUT2D eigenvalue weighted by atomic mass is 16.1. The van der Waals surface area contributed by atoms with Crippen LogP contribution in [0, 0.1) is 5.92 Å². The SMILES string of the molecule is CC(CCC1CC1)Nc1nc2c(cnn2-c2ccccc2)c(=O)[nH]1.